The SMILES string of the molecule is CCCC(Oc1ccc(CC(NS(C)(=O)=O)C(=O)O)cc1)C1CCNCC1.Cl.S. The van der Waals surface area contributed by atoms with Crippen LogP contribution in [-0.2, 0) is 21.2 Å². The molecule has 1 heterocycles. The highest BCUT2D eigenvalue weighted by Crippen LogP contribution is 2.25. The number of carbonyl (C=O) groups is 1. The van der Waals surface area contributed by atoms with Crippen LogP contribution in [0.15, 0.2) is 24.3 Å². The van der Waals surface area contributed by atoms with Crippen LogP contribution in [-0.4, -0.2) is 51.0 Å². The van der Waals surface area contributed by atoms with E-state index in [9.17, 15) is 18.3 Å². The Labute approximate surface area is 186 Å². The summed E-state index contributed by atoms with van der Waals surface area (Å²) in [7, 11) is -3.59. The van der Waals surface area contributed by atoms with E-state index in [1.165, 1.54) is 0 Å². The van der Waals surface area contributed by atoms with Crippen LogP contribution in [0.3, 0.4) is 0 Å². The number of aliphatic carboxylic acids is 1. The molecule has 1 aliphatic heterocycles. The van der Waals surface area contributed by atoms with Crippen molar-refractivity contribution in [2.45, 2.75) is 51.2 Å². The van der Waals surface area contributed by atoms with E-state index in [0.29, 0.717) is 5.92 Å². The molecule has 1 aromatic carbocycles. The van der Waals surface area contributed by atoms with Crippen LogP contribution in [0.5, 0.6) is 5.75 Å². The van der Waals surface area contributed by atoms with Crippen molar-refractivity contribution in [2.75, 3.05) is 19.3 Å². The van der Waals surface area contributed by atoms with Gasteiger partial charge in [-0.1, -0.05) is 25.5 Å². The summed E-state index contributed by atoms with van der Waals surface area (Å²) in [5.74, 6) is 0.106. The van der Waals surface area contributed by atoms with E-state index in [1.54, 1.807) is 12.1 Å². The predicted octanol–water partition coefficient (Wildman–Crippen LogP) is 2.31. The van der Waals surface area contributed by atoms with Crippen molar-refractivity contribution in [3.05, 3.63) is 29.8 Å². The molecule has 2 rings (SSSR count). The Morgan fingerprint density at radius 1 is 1.28 bits per heavy atom. The highest BCUT2D eigenvalue weighted by Gasteiger charge is 2.25. The number of carboxylic acids is 1. The van der Waals surface area contributed by atoms with Crippen LogP contribution < -0.4 is 14.8 Å². The minimum atomic E-state index is -3.59. The van der Waals surface area contributed by atoms with E-state index in [-0.39, 0.29) is 38.4 Å². The summed E-state index contributed by atoms with van der Waals surface area (Å²) in [6.45, 7) is 4.20. The summed E-state index contributed by atoms with van der Waals surface area (Å²) in [5.41, 5.74) is 0.736. The van der Waals surface area contributed by atoms with Crippen molar-refractivity contribution < 1.29 is 23.1 Å². The molecule has 7 nitrogen and oxygen atoms in total. The Morgan fingerprint density at radius 3 is 2.34 bits per heavy atom. The number of hydrogen-bond donors (Lipinski definition) is 3. The van der Waals surface area contributed by atoms with E-state index >= 15 is 0 Å². The van der Waals surface area contributed by atoms with Crippen molar-refractivity contribution >= 4 is 41.9 Å². The van der Waals surface area contributed by atoms with Gasteiger partial charge >= 0.3 is 5.97 Å². The second-order valence-corrected chi connectivity index (χ2v) is 8.94. The zero-order valence-electron chi connectivity index (χ0n) is 16.9. The first-order chi connectivity index (χ1) is 12.8. The second-order valence-electron chi connectivity index (χ2n) is 7.16. The number of ether oxygens (including phenoxy) is 1. The van der Waals surface area contributed by atoms with Gasteiger partial charge < -0.3 is 15.2 Å². The van der Waals surface area contributed by atoms with Gasteiger partial charge in [0.25, 0.3) is 0 Å². The summed E-state index contributed by atoms with van der Waals surface area (Å²) in [5, 5.41) is 12.6. The van der Waals surface area contributed by atoms with Gasteiger partial charge in [0.2, 0.25) is 10.0 Å². The van der Waals surface area contributed by atoms with Gasteiger partial charge in [-0.2, -0.15) is 13.5 Å². The predicted molar refractivity (Wildman–Crippen MR) is 122 cm³/mol. The molecule has 2 atom stereocenters. The summed E-state index contributed by atoms with van der Waals surface area (Å²) in [6.07, 6.45) is 5.50. The Bertz CT molecular complexity index is 710. The first kappa shape index (κ1) is 28.0. The lowest BCUT2D eigenvalue weighted by Gasteiger charge is -2.31. The molecular weight excluding hydrogens is 436 g/mol. The third-order valence-electron chi connectivity index (χ3n) is 4.79. The average molecular weight is 469 g/mol. The minimum Gasteiger partial charge on any atom is -0.490 e. The molecule has 0 bridgehead atoms. The van der Waals surface area contributed by atoms with Crippen molar-refractivity contribution in [1.29, 1.82) is 0 Å². The van der Waals surface area contributed by atoms with Gasteiger partial charge in [-0.3, -0.25) is 4.79 Å². The van der Waals surface area contributed by atoms with Crippen molar-refractivity contribution in [3.8, 4) is 5.75 Å². The maximum atomic E-state index is 11.3. The van der Waals surface area contributed by atoms with E-state index in [1.807, 2.05) is 12.1 Å². The highest BCUT2D eigenvalue weighted by molar-refractivity contribution is 7.88. The van der Waals surface area contributed by atoms with E-state index in [0.717, 1.165) is 56.3 Å². The van der Waals surface area contributed by atoms with Crippen LogP contribution in [0.25, 0.3) is 0 Å². The van der Waals surface area contributed by atoms with Crippen LogP contribution in [0.2, 0.25) is 0 Å². The van der Waals surface area contributed by atoms with Gasteiger partial charge in [0.05, 0.1) is 6.26 Å². The highest BCUT2D eigenvalue weighted by atomic mass is 35.5. The summed E-state index contributed by atoms with van der Waals surface area (Å²) >= 11 is 0. The summed E-state index contributed by atoms with van der Waals surface area (Å²) in [4.78, 5) is 11.3. The molecule has 2 unspecified atom stereocenters. The molecule has 168 valence electrons. The molecule has 10 heteroatoms. The molecule has 1 fully saturated rings. The Morgan fingerprint density at radius 2 is 1.86 bits per heavy atom. The fraction of sp³-hybridized carbons (Fsp3) is 0.632. The molecule has 3 N–H and O–H groups in total. The fourth-order valence-corrected chi connectivity index (χ4v) is 4.14. The van der Waals surface area contributed by atoms with Crippen molar-refractivity contribution in [1.82, 2.24) is 10.0 Å². The fourth-order valence-electron chi connectivity index (χ4n) is 3.44. The number of piperidine rings is 1. The molecule has 0 spiro atoms. The number of carboxylic acid groups (broad SMARTS) is 1. The molecule has 1 saturated heterocycles. The molecule has 0 amide bonds. The molecule has 0 radical (unpaired) electrons. The van der Waals surface area contributed by atoms with E-state index in [2.05, 4.69) is 17.0 Å². The zero-order chi connectivity index (χ0) is 19.9. The van der Waals surface area contributed by atoms with Gasteiger partial charge in [0.15, 0.2) is 0 Å². The van der Waals surface area contributed by atoms with Gasteiger partial charge in [-0.15, -0.1) is 12.4 Å². The number of sulfonamides is 1. The van der Waals surface area contributed by atoms with Crippen LogP contribution in [0.4, 0.5) is 0 Å². The first-order valence-corrected chi connectivity index (χ1v) is 11.3. The molecule has 0 aliphatic carbocycles. The van der Waals surface area contributed by atoms with Gasteiger partial charge in [-0.25, -0.2) is 13.1 Å². The number of hydrogen-bond acceptors (Lipinski definition) is 5. The smallest absolute Gasteiger partial charge is 0.322 e. The first-order valence-electron chi connectivity index (χ1n) is 9.45. The average Bonchev–Trinajstić information content (AvgIpc) is 2.62. The normalized spacial score (nSPS) is 16.8. The summed E-state index contributed by atoms with van der Waals surface area (Å²) < 4.78 is 31.0. The third kappa shape index (κ3) is 10.0. The monoisotopic (exact) mass is 468 g/mol. The molecule has 1 aromatic rings. The van der Waals surface area contributed by atoms with E-state index < -0.39 is 22.0 Å². The lowest BCUT2D eigenvalue weighted by molar-refractivity contribution is -0.138. The van der Waals surface area contributed by atoms with Crippen molar-refractivity contribution in [2.24, 2.45) is 5.92 Å². The number of rotatable bonds is 10. The minimum absolute atomic E-state index is 0. The Hall–Kier alpha value is -1.00. The molecule has 0 aromatic heterocycles. The maximum absolute atomic E-state index is 11.3. The van der Waals surface area contributed by atoms with Crippen LogP contribution in [0.1, 0.15) is 38.2 Å². The topological polar surface area (TPSA) is 105 Å². The quantitative estimate of drug-likeness (QED) is 0.486. The van der Waals surface area contributed by atoms with Crippen LogP contribution in [0, 0.1) is 5.92 Å². The molecule has 29 heavy (non-hydrogen) atoms. The van der Waals surface area contributed by atoms with Gasteiger partial charge in [0, 0.05) is 0 Å². The lowest BCUT2D eigenvalue weighted by Crippen LogP contribution is -2.41. The third-order valence-corrected chi connectivity index (χ3v) is 5.50. The zero-order valence-corrected chi connectivity index (χ0v) is 19.5. The molecule has 1 aliphatic rings. The van der Waals surface area contributed by atoms with E-state index in [4.69, 9.17) is 4.74 Å². The maximum Gasteiger partial charge on any atom is 0.322 e. The van der Waals surface area contributed by atoms with Crippen LogP contribution >= 0.6 is 25.9 Å². The largest absolute Gasteiger partial charge is 0.490 e. The second kappa shape index (κ2) is 13.3. The number of benzene rings is 1. The van der Waals surface area contributed by atoms with Gasteiger partial charge in [-0.05, 0) is 62.4 Å². The number of halogens is 1. The van der Waals surface area contributed by atoms with Crippen molar-refractivity contribution in [3.63, 3.8) is 0 Å². The Kier molecular flexibility index (Phi) is 12.9. The van der Waals surface area contributed by atoms with Gasteiger partial charge in [0.1, 0.15) is 17.9 Å². The number of nitrogens with one attached hydrogen (secondary N) is 2. The standard InChI is InChI=1S/C19H30N2O5S.ClH.H2S/c1-3-4-18(15-9-11-20-12-10-15)26-16-7-5-14(6-8-16)13-17(19(22)23)21-27(2,24)25;;/h5-8,15,17-18,20-21H,3-4,9-13H2,1-2H3,(H,22,23);1H;1H2. The molecular formula is C19H33ClN2O5S2. The summed E-state index contributed by atoms with van der Waals surface area (Å²) in [6, 6.07) is 6.06. The lowest BCUT2D eigenvalue weighted by atomic mass is 9.89. The Balaban J connectivity index is 0.00000392. The molecule has 0 saturated carbocycles.